The zero-order valence-corrected chi connectivity index (χ0v) is 8.73. The van der Waals surface area contributed by atoms with E-state index in [1.165, 1.54) is 10.5 Å². The molecular formula is C10H6ClN3O2. The van der Waals surface area contributed by atoms with Crippen molar-refractivity contribution in [2.24, 2.45) is 0 Å². The van der Waals surface area contributed by atoms with Crippen molar-refractivity contribution in [2.75, 3.05) is 0 Å². The van der Waals surface area contributed by atoms with Crippen molar-refractivity contribution < 1.29 is 4.42 Å². The molecule has 0 saturated carbocycles. The maximum absolute atomic E-state index is 11.7. The number of H-pyrrole nitrogens is 1. The molecule has 3 aromatic heterocycles. The number of hydrogen-bond donors (Lipinski definition) is 1. The Morgan fingerprint density at radius 2 is 2.19 bits per heavy atom. The minimum Gasteiger partial charge on any atom is -0.441 e. The molecule has 0 radical (unpaired) electrons. The van der Waals surface area contributed by atoms with Gasteiger partial charge in [-0.2, -0.15) is 5.10 Å². The molecule has 0 spiro atoms. The molecule has 80 valence electrons. The summed E-state index contributed by atoms with van der Waals surface area (Å²) in [7, 11) is 0. The second-order valence-electron chi connectivity index (χ2n) is 3.24. The molecule has 0 fully saturated rings. The molecule has 5 nitrogen and oxygen atoms in total. The van der Waals surface area contributed by atoms with Crippen LogP contribution < -0.4 is 5.56 Å². The average molecular weight is 236 g/mol. The average Bonchev–Trinajstić information content (AvgIpc) is 2.84. The Balaban J connectivity index is 2.37. The van der Waals surface area contributed by atoms with Gasteiger partial charge in [-0.1, -0.05) is 6.07 Å². The zero-order chi connectivity index (χ0) is 11.1. The van der Waals surface area contributed by atoms with Gasteiger partial charge in [-0.15, -0.1) is 0 Å². The Bertz CT molecular complexity index is 710. The van der Waals surface area contributed by atoms with Gasteiger partial charge < -0.3 is 4.42 Å². The summed E-state index contributed by atoms with van der Waals surface area (Å²) in [5.41, 5.74) is 0.434. The van der Waals surface area contributed by atoms with Crippen molar-refractivity contribution >= 4 is 17.2 Å². The fourth-order valence-electron chi connectivity index (χ4n) is 1.56. The smallest absolute Gasteiger partial charge is 0.258 e. The SMILES string of the molecule is O=c1cccc2[nH]nc(-c3ccc(Cl)o3)n12. The molecular weight excluding hydrogens is 230 g/mol. The topological polar surface area (TPSA) is 63.3 Å². The van der Waals surface area contributed by atoms with Crippen molar-refractivity contribution in [1.82, 2.24) is 14.6 Å². The highest BCUT2D eigenvalue weighted by Crippen LogP contribution is 2.22. The highest BCUT2D eigenvalue weighted by atomic mass is 35.5. The highest BCUT2D eigenvalue weighted by Gasteiger charge is 2.12. The van der Waals surface area contributed by atoms with Crippen LogP contribution >= 0.6 is 11.6 Å². The number of hydrogen-bond acceptors (Lipinski definition) is 3. The van der Waals surface area contributed by atoms with Crippen molar-refractivity contribution in [3.63, 3.8) is 0 Å². The molecule has 3 heterocycles. The molecule has 0 aliphatic rings. The van der Waals surface area contributed by atoms with Gasteiger partial charge in [0.05, 0.1) is 0 Å². The molecule has 0 aliphatic carbocycles. The predicted molar refractivity (Wildman–Crippen MR) is 58.5 cm³/mol. The lowest BCUT2D eigenvalue weighted by atomic mass is 10.4. The largest absolute Gasteiger partial charge is 0.441 e. The number of nitrogens with zero attached hydrogens (tertiary/aromatic N) is 2. The Morgan fingerprint density at radius 3 is 2.94 bits per heavy atom. The third kappa shape index (κ3) is 1.25. The van der Waals surface area contributed by atoms with Gasteiger partial charge in [0.2, 0.25) is 5.82 Å². The molecule has 3 aromatic rings. The number of nitrogens with one attached hydrogen (secondary N) is 1. The number of aromatic nitrogens is 3. The Morgan fingerprint density at radius 1 is 1.31 bits per heavy atom. The Hall–Kier alpha value is -2.01. The molecule has 0 bridgehead atoms. The van der Waals surface area contributed by atoms with Crippen LogP contribution in [0, 0.1) is 0 Å². The predicted octanol–water partition coefficient (Wildman–Crippen LogP) is 1.94. The van der Waals surface area contributed by atoms with Crippen LogP contribution in [-0.4, -0.2) is 14.6 Å². The second kappa shape index (κ2) is 3.24. The lowest BCUT2D eigenvalue weighted by molar-refractivity contribution is 0.578. The summed E-state index contributed by atoms with van der Waals surface area (Å²) >= 11 is 5.68. The molecule has 0 aliphatic heterocycles. The number of aromatic amines is 1. The maximum atomic E-state index is 11.7. The molecule has 0 atom stereocenters. The number of halogens is 1. The van der Waals surface area contributed by atoms with E-state index in [2.05, 4.69) is 10.2 Å². The van der Waals surface area contributed by atoms with Crippen LogP contribution in [0.15, 0.2) is 39.5 Å². The third-order valence-electron chi connectivity index (χ3n) is 2.24. The van der Waals surface area contributed by atoms with E-state index in [1.807, 2.05) is 0 Å². The van der Waals surface area contributed by atoms with Crippen LogP contribution in [0.3, 0.4) is 0 Å². The first-order valence-electron chi connectivity index (χ1n) is 4.57. The summed E-state index contributed by atoms with van der Waals surface area (Å²) in [5.74, 6) is 0.858. The second-order valence-corrected chi connectivity index (χ2v) is 3.61. The van der Waals surface area contributed by atoms with Gasteiger partial charge in [-0.25, -0.2) is 4.40 Å². The molecule has 16 heavy (non-hydrogen) atoms. The van der Waals surface area contributed by atoms with Gasteiger partial charge >= 0.3 is 0 Å². The lowest BCUT2D eigenvalue weighted by Gasteiger charge is -1.93. The highest BCUT2D eigenvalue weighted by molar-refractivity contribution is 6.28. The van der Waals surface area contributed by atoms with Crippen molar-refractivity contribution in [3.05, 3.63) is 45.9 Å². The van der Waals surface area contributed by atoms with E-state index < -0.39 is 0 Å². The number of rotatable bonds is 1. The standard InChI is InChI=1S/C10H6ClN3O2/c11-7-5-4-6(16-7)10-13-12-8-2-1-3-9(15)14(8)10/h1-5,12H. The van der Waals surface area contributed by atoms with Crippen molar-refractivity contribution in [1.29, 1.82) is 0 Å². The number of furan rings is 1. The summed E-state index contributed by atoms with van der Waals surface area (Å²) < 4.78 is 6.64. The summed E-state index contributed by atoms with van der Waals surface area (Å²) in [4.78, 5) is 11.7. The third-order valence-corrected chi connectivity index (χ3v) is 2.44. The number of fused-ring (bicyclic) bond motifs is 1. The van der Waals surface area contributed by atoms with E-state index >= 15 is 0 Å². The van der Waals surface area contributed by atoms with Gasteiger partial charge in [-0.05, 0) is 29.8 Å². The van der Waals surface area contributed by atoms with Crippen LogP contribution in [0.25, 0.3) is 17.2 Å². The van der Waals surface area contributed by atoms with Crippen LogP contribution in [0.4, 0.5) is 0 Å². The summed E-state index contributed by atoms with van der Waals surface area (Å²) in [6.45, 7) is 0. The minimum atomic E-state index is -0.172. The number of pyridine rings is 1. The Kier molecular flexibility index (Phi) is 1.87. The molecule has 3 rings (SSSR count). The monoisotopic (exact) mass is 235 g/mol. The fourth-order valence-corrected chi connectivity index (χ4v) is 1.70. The van der Waals surface area contributed by atoms with Gasteiger partial charge in [0.1, 0.15) is 5.65 Å². The summed E-state index contributed by atoms with van der Waals surface area (Å²) in [6.07, 6.45) is 0. The summed E-state index contributed by atoms with van der Waals surface area (Å²) in [6, 6.07) is 8.14. The maximum Gasteiger partial charge on any atom is 0.258 e. The first kappa shape index (κ1) is 9.23. The van der Waals surface area contributed by atoms with Gasteiger partial charge in [0.15, 0.2) is 11.0 Å². The summed E-state index contributed by atoms with van der Waals surface area (Å²) in [5, 5.41) is 7.03. The fraction of sp³-hybridized carbons (Fsp3) is 0. The van der Waals surface area contributed by atoms with E-state index in [0.717, 1.165) is 0 Å². The minimum absolute atomic E-state index is 0.172. The quantitative estimate of drug-likeness (QED) is 0.701. The Labute approximate surface area is 94.3 Å². The molecule has 0 unspecified atom stereocenters. The van der Waals surface area contributed by atoms with E-state index in [-0.39, 0.29) is 10.8 Å². The van der Waals surface area contributed by atoms with Crippen LogP contribution in [0.5, 0.6) is 0 Å². The van der Waals surface area contributed by atoms with E-state index in [9.17, 15) is 4.79 Å². The van der Waals surface area contributed by atoms with Crippen LogP contribution in [0.1, 0.15) is 0 Å². The normalized spacial score (nSPS) is 11.1. The zero-order valence-electron chi connectivity index (χ0n) is 7.98. The first-order chi connectivity index (χ1) is 7.75. The molecule has 0 amide bonds. The van der Waals surface area contributed by atoms with E-state index in [4.69, 9.17) is 16.0 Å². The molecule has 6 heteroatoms. The lowest BCUT2D eigenvalue weighted by Crippen LogP contribution is -2.11. The van der Waals surface area contributed by atoms with Gasteiger partial charge in [0.25, 0.3) is 5.56 Å². The molecule has 0 saturated heterocycles. The van der Waals surface area contributed by atoms with Crippen molar-refractivity contribution in [3.8, 4) is 11.6 Å². The van der Waals surface area contributed by atoms with Crippen molar-refractivity contribution in [2.45, 2.75) is 0 Å². The van der Waals surface area contributed by atoms with Gasteiger partial charge in [-0.3, -0.25) is 9.89 Å². The van der Waals surface area contributed by atoms with Gasteiger partial charge in [0, 0.05) is 6.07 Å². The molecule has 1 N–H and O–H groups in total. The van der Waals surface area contributed by atoms with E-state index in [0.29, 0.717) is 17.2 Å². The molecule has 0 aromatic carbocycles. The van der Waals surface area contributed by atoms with E-state index in [1.54, 1.807) is 24.3 Å². The van der Waals surface area contributed by atoms with Crippen LogP contribution in [0.2, 0.25) is 5.22 Å². The first-order valence-corrected chi connectivity index (χ1v) is 4.95. The van der Waals surface area contributed by atoms with Crippen LogP contribution in [-0.2, 0) is 0 Å².